The van der Waals surface area contributed by atoms with E-state index in [1.165, 1.54) is 4.90 Å². The molecule has 2 aromatic carbocycles. The summed E-state index contributed by atoms with van der Waals surface area (Å²) in [5.74, 6) is 0.244. The Labute approximate surface area is 221 Å². The highest BCUT2D eigenvalue weighted by molar-refractivity contribution is 9.10. The third-order valence-electron chi connectivity index (χ3n) is 5.49. The molecule has 0 bridgehead atoms. The quantitative estimate of drug-likeness (QED) is 0.329. The molecule has 0 fully saturated rings. The zero-order chi connectivity index (χ0) is 26.3. The van der Waals surface area contributed by atoms with E-state index in [0.29, 0.717) is 31.1 Å². The predicted octanol–water partition coefficient (Wildman–Crippen LogP) is 5.75. The number of aryl methyl sites for hydroxylation is 1. The zero-order valence-electron chi connectivity index (χ0n) is 21.5. The Morgan fingerprint density at radius 2 is 1.81 bits per heavy atom. The van der Waals surface area contributed by atoms with Crippen LogP contribution in [0, 0.1) is 6.92 Å². The topological polar surface area (TPSA) is 88.5 Å². The minimum Gasteiger partial charge on any atom is -0.385 e. The number of methoxy groups -OCH3 is 1. The minimum absolute atomic E-state index is 0.115. The molecule has 192 valence electrons. The fraction of sp³-hybridized carbons (Fsp3) is 0.370. The molecule has 0 aliphatic rings. The van der Waals surface area contributed by atoms with Crippen LogP contribution in [0.2, 0.25) is 0 Å². The number of hydrogen-bond acceptors (Lipinski definition) is 4. The van der Waals surface area contributed by atoms with Crippen LogP contribution in [0.4, 0.5) is 16.3 Å². The molecule has 0 radical (unpaired) electrons. The number of ether oxygens (including phenoxy) is 1. The number of nitrogens with one attached hydrogen (secondary N) is 2. The molecule has 2 N–H and O–H groups in total. The summed E-state index contributed by atoms with van der Waals surface area (Å²) in [5.41, 5.74) is 3.24. The van der Waals surface area contributed by atoms with Crippen molar-refractivity contribution in [2.24, 2.45) is 0 Å². The summed E-state index contributed by atoms with van der Waals surface area (Å²) in [5, 5.41) is 10.6. The molecule has 3 aromatic rings. The Balaban J connectivity index is 1.80. The van der Waals surface area contributed by atoms with Gasteiger partial charge in [0.1, 0.15) is 12.4 Å². The SMILES string of the molecule is COCCCN(CC(=O)Nc1cc(C(C)(C)C)nn1-c1cccc(C)c1)C(=O)Nc1ccc(Br)cc1. The van der Waals surface area contributed by atoms with Gasteiger partial charge in [-0.05, 0) is 55.3 Å². The van der Waals surface area contributed by atoms with Crippen molar-refractivity contribution in [2.75, 3.05) is 37.4 Å². The van der Waals surface area contributed by atoms with Crippen LogP contribution in [-0.4, -0.2) is 53.4 Å². The lowest BCUT2D eigenvalue weighted by atomic mass is 9.92. The summed E-state index contributed by atoms with van der Waals surface area (Å²) < 4.78 is 7.79. The fourth-order valence-corrected chi connectivity index (χ4v) is 3.80. The Bertz CT molecular complexity index is 1180. The number of nitrogens with zero attached hydrogens (tertiary/aromatic N) is 3. The molecule has 3 amide bonds. The van der Waals surface area contributed by atoms with Gasteiger partial charge in [0.25, 0.3) is 0 Å². The Morgan fingerprint density at radius 1 is 1.08 bits per heavy atom. The summed E-state index contributed by atoms with van der Waals surface area (Å²) in [6.07, 6.45) is 0.604. The van der Waals surface area contributed by atoms with Crippen LogP contribution in [0.5, 0.6) is 0 Å². The molecule has 0 saturated carbocycles. The Morgan fingerprint density at radius 3 is 2.44 bits per heavy atom. The average molecular weight is 557 g/mol. The summed E-state index contributed by atoms with van der Waals surface area (Å²) in [6.45, 7) is 8.98. The van der Waals surface area contributed by atoms with Crippen LogP contribution in [-0.2, 0) is 14.9 Å². The highest BCUT2D eigenvalue weighted by atomic mass is 79.9. The van der Waals surface area contributed by atoms with Crippen molar-refractivity contribution in [1.82, 2.24) is 14.7 Å². The number of hydrogen-bond donors (Lipinski definition) is 2. The summed E-state index contributed by atoms with van der Waals surface area (Å²) in [7, 11) is 1.61. The summed E-state index contributed by atoms with van der Waals surface area (Å²) in [4.78, 5) is 27.6. The van der Waals surface area contributed by atoms with Gasteiger partial charge in [-0.15, -0.1) is 0 Å². The molecule has 9 heteroatoms. The number of amides is 3. The van der Waals surface area contributed by atoms with Crippen molar-refractivity contribution in [3.8, 4) is 5.69 Å². The van der Waals surface area contributed by atoms with Crippen LogP contribution < -0.4 is 10.6 Å². The number of carbonyl (C=O) groups is 2. The molecule has 36 heavy (non-hydrogen) atoms. The molecular weight excluding hydrogens is 522 g/mol. The van der Waals surface area contributed by atoms with Gasteiger partial charge < -0.3 is 20.3 Å². The normalized spacial score (nSPS) is 11.3. The lowest BCUT2D eigenvalue weighted by Crippen LogP contribution is -2.41. The van der Waals surface area contributed by atoms with Gasteiger partial charge in [0.2, 0.25) is 5.91 Å². The number of urea groups is 1. The van der Waals surface area contributed by atoms with Gasteiger partial charge in [-0.3, -0.25) is 4.79 Å². The Kier molecular flexibility index (Phi) is 9.28. The van der Waals surface area contributed by atoms with E-state index in [9.17, 15) is 9.59 Å². The first-order valence-electron chi connectivity index (χ1n) is 11.8. The second-order valence-electron chi connectivity index (χ2n) is 9.67. The van der Waals surface area contributed by atoms with E-state index in [1.54, 1.807) is 23.9 Å². The van der Waals surface area contributed by atoms with Crippen LogP contribution in [0.1, 0.15) is 38.4 Å². The van der Waals surface area contributed by atoms with Gasteiger partial charge in [-0.2, -0.15) is 5.10 Å². The first-order chi connectivity index (χ1) is 17.1. The van der Waals surface area contributed by atoms with Crippen LogP contribution >= 0.6 is 15.9 Å². The van der Waals surface area contributed by atoms with Gasteiger partial charge in [-0.1, -0.05) is 48.8 Å². The standard InChI is InChI=1S/C27H34BrN5O3/c1-19-8-6-9-22(16-19)33-24(17-23(31-33)27(2,3)4)30-25(34)18-32(14-7-15-36-5)26(35)29-21-12-10-20(28)11-13-21/h6,8-13,16-17H,7,14-15,18H2,1-5H3,(H,29,35)(H,30,34). The number of halogens is 1. The van der Waals surface area contributed by atoms with Gasteiger partial charge in [0.15, 0.2) is 0 Å². The van der Waals surface area contributed by atoms with Gasteiger partial charge in [-0.25, -0.2) is 9.48 Å². The van der Waals surface area contributed by atoms with E-state index in [-0.39, 0.29) is 23.9 Å². The molecule has 0 aliphatic heterocycles. The zero-order valence-corrected chi connectivity index (χ0v) is 23.1. The first-order valence-corrected chi connectivity index (χ1v) is 12.6. The minimum atomic E-state index is -0.355. The first kappa shape index (κ1) is 27.4. The number of rotatable bonds is 9. The van der Waals surface area contributed by atoms with Crippen molar-refractivity contribution in [3.05, 3.63) is 70.3 Å². The van der Waals surface area contributed by atoms with E-state index >= 15 is 0 Å². The molecule has 1 aromatic heterocycles. The summed E-state index contributed by atoms with van der Waals surface area (Å²) in [6, 6.07) is 16.7. The predicted molar refractivity (Wildman–Crippen MR) is 147 cm³/mol. The van der Waals surface area contributed by atoms with Crippen molar-refractivity contribution >= 4 is 39.4 Å². The van der Waals surface area contributed by atoms with Crippen LogP contribution in [0.25, 0.3) is 5.69 Å². The smallest absolute Gasteiger partial charge is 0.322 e. The van der Waals surface area contributed by atoms with E-state index in [0.717, 1.165) is 21.4 Å². The fourth-order valence-electron chi connectivity index (χ4n) is 3.54. The highest BCUT2D eigenvalue weighted by Crippen LogP contribution is 2.26. The number of benzene rings is 2. The van der Waals surface area contributed by atoms with Gasteiger partial charge >= 0.3 is 6.03 Å². The number of carbonyl (C=O) groups excluding carboxylic acids is 2. The lowest BCUT2D eigenvalue weighted by molar-refractivity contribution is -0.116. The van der Waals surface area contributed by atoms with Crippen LogP contribution in [0.15, 0.2) is 59.1 Å². The van der Waals surface area contributed by atoms with E-state index in [4.69, 9.17) is 9.84 Å². The largest absolute Gasteiger partial charge is 0.385 e. The molecule has 3 rings (SSSR count). The highest BCUT2D eigenvalue weighted by Gasteiger charge is 2.23. The summed E-state index contributed by atoms with van der Waals surface area (Å²) >= 11 is 3.39. The lowest BCUT2D eigenvalue weighted by Gasteiger charge is -2.22. The van der Waals surface area contributed by atoms with Crippen LogP contribution in [0.3, 0.4) is 0 Å². The molecule has 8 nitrogen and oxygen atoms in total. The number of aromatic nitrogens is 2. The van der Waals surface area contributed by atoms with Crippen molar-refractivity contribution in [3.63, 3.8) is 0 Å². The van der Waals surface area contributed by atoms with E-state index in [1.807, 2.05) is 49.4 Å². The maximum atomic E-state index is 13.2. The van der Waals surface area contributed by atoms with E-state index in [2.05, 4.69) is 47.3 Å². The molecule has 0 saturated heterocycles. The molecule has 0 atom stereocenters. The number of anilines is 2. The van der Waals surface area contributed by atoms with Crippen molar-refractivity contribution < 1.29 is 14.3 Å². The Hall–Kier alpha value is -3.17. The molecule has 0 aliphatic carbocycles. The third kappa shape index (κ3) is 7.66. The second-order valence-corrected chi connectivity index (χ2v) is 10.6. The average Bonchev–Trinajstić information content (AvgIpc) is 3.24. The maximum absolute atomic E-state index is 13.2. The molecular formula is C27H34BrN5O3. The monoisotopic (exact) mass is 555 g/mol. The van der Waals surface area contributed by atoms with Gasteiger partial charge in [0.05, 0.1) is 11.4 Å². The maximum Gasteiger partial charge on any atom is 0.322 e. The van der Waals surface area contributed by atoms with Crippen molar-refractivity contribution in [2.45, 2.75) is 39.5 Å². The van der Waals surface area contributed by atoms with Crippen molar-refractivity contribution in [1.29, 1.82) is 0 Å². The van der Waals surface area contributed by atoms with Gasteiger partial charge in [0, 0.05) is 41.9 Å². The third-order valence-corrected chi connectivity index (χ3v) is 6.01. The molecule has 0 unspecified atom stereocenters. The second kappa shape index (κ2) is 12.2. The van der Waals surface area contributed by atoms with E-state index < -0.39 is 0 Å². The molecule has 0 spiro atoms. The molecule has 1 heterocycles.